The van der Waals surface area contributed by atoms with Gasteiger partial charge in [0.2, 0.25) is 0 Å². The first-order chi connectivity index (χ1) is 11.1. The fraction of sp³-hybridized carbons (Fsp3) is 0.0909. The smallest absolute Gasteiger partial charge is 0.0197 e. The normalized spacial score (nSPS) is 10.4. The summed E-state index contributed by atoms with van der Waals surface area (Å²) in [6, 6.07) is 27.6. The third kappa shape index (κ3) is 3.57. The van der Waals surface area contributed by atoms with Gasteiger partial charge in [-0.2, -0.15) is 0 Å². The van der Waals surface area contributed by atoms with Crippen molar-refractivity contribution in [1.82, 2.24) is 0 Å². The van der Waals surface area contributed by atoms with Crippen molar-refractivity contribution in [2.45, 2.75) is 13.8 Å². The van der Waals surface area contributed by atoms with Gasteiger partial charge in [-0.1, -0.05) is 90.0 Å². The van der Waals surface area contributed by atoms with Crippen LogP contribution in [0.1, 0.15) is 27.8 Å². The molecule has 3 rings (SSSR count). The lowest BCUT2D eigenvalue weighted by atomic mass is 9.94. The van der Waals surface area contributed by atoms with E-state index in [0.29, 0.717) is 0 Å². The molecule has 0 unspecified atom stereocenters. The number of hydrogen-bond donors (Lipinski definition) is 1. The van der Waals surface area contributed by atoms with Crippen LogP contribution in [0.4, 0.5) is 0 Å². The second-order valence-corrected chi connectivity index (χ2v) is 6.27. The second-order valence-electron chi connectivity index (χ2n) is 5.82. The number of hydrogen-bond acceptors (Lipinski definition) is 1. The molecule has 0 N–H and O–H groups in total. The molecule has 0 heterocycles. The van der Waals surface area contributed by atoms with Gasteiger partial charge in [0.05, 0.1) is 0 Å². The van der Waals surface area contributed by atoms with Crippen LogP contribution in [0.2, 0.25) is 0 Å². The van der Waals surface area contributed by atoms with E-state index >= 15 is 0 Å². The van der Waals surface area contributed by atoms with Crippen LogP contribution in [-0.4, -0.2) is 0 Å². The predicted molar refractivity (Wildman–Crippen MR) is 104 cm³/mol. The first kappa shape index (κ1) is 15.6. The molecule has 0 amide bonds. The van der Waals surface area contributed by atoms with E-state index in [0.717, 1.165) is 10.5 Å². The lowest BCUT2D eigenvalue weighted by molar-refractivity contribution is 1.43. The Morgan fingerprint density at radius 2 is 1.00 bits per heavy atom. The lowest BCUT2D eigenvalue weighted by Crippen LogP contribution is -1.92. The van der Waals surface area contributed by atoms with E-state index in [2.05, 4.69) is 74.5 Å². The van der Waals surface area contributed by atoms with E-state index in [1.807, 2.05) is 18.2 Å². The molecule has 0 aromatic heterocycles. The zero-order valence-electron chi connectivity index (χ0n) is 13.5. The Labute approximate surface area is 143 Å². The molecule has 0 fully saturated rings. The van der Waals surface area contributed by atoms with Crippen LogP contribution >= 0.6 is 12.6 Å². The molecule has 0 aliphatic rings. The fourth-order valence-corrected chi connectivity index (χ4v) is 3.03. The summed E-state index contributed by atoms with van der Waals surface area (Å²) in [5.41, 5.74) is 7.20. The Hall–Kier alpha value is -2.25. The van der Waals surface area contributed by atoms with Gasteiger partial charge in [-0.25, -0.2) is 0 Å². The molecule has 0 aliphatic carbocycles. The monoisotopic (exact) mass is 316 g/mol. The zero-order chi connectivity index (χ0) is 16.2. The Balaban J connectivity index is 2.21. The summed E-state index contributed by atoms with van der Waals surface area (Å²) in [4.78, 5) is 0.998. The maximum absolute atomic E-state index is 4.87. The Morgan fingerprint density at radius 1 is 0.565 bits per heavy atom. The van der Waals surface area contributed by atoms with Gasteiger partial charge in [-0.05, 0) is 30.5 Å². The van der Waals surface area contributed by atoms with Crippen LogP contribution < -0.4 is 0 Å². The zero-order valence-corrected chi connectivity index (χ0v) is 14.3. The Morgan fingerprint density at radius 3 is 1.43 bits per heavy atom. The SMILES string of the molecule is Cc1ccc(C(=C(S)c2ccccc2)c2ccc(C)cc2)cc1. The number of aryl methyl sites for hydroxylation is 2. The van der Waals surface area contributed by atoms with Gasteiger partial charge in [0.15, 0.2) is 0 Å². The van der Waals surface area contributed by atoms with Crippen LogP contribution in [0.25, 0.3) is 10.5 Å². The van der Waals surface area contributed by atoms with Crippen molar-refractivity contribution in [3.63, 3.8) is 0 Å². The van der Waals surface area contributed by atoms with Crippen molar-refractivity contribution in [2.75, 3.05) is 0 Å². The standard InChI is InChI=1S/C22H20S/c1-16-8-12-18(13-9-16)21(19-14-10-17(2)11-15-19)22(23)20-6-4-3-5-7-20/h3-15,23H,1-2H3. The molecule has 0 bridgehead atoms. The summed E-state index contributed by atoms with van der Waals surface area (Å²) in [7, 11) is 0. The van der Waals surface area contributed by atoms with E-state index in [1.165, 1.54) is 27.8 Å². The van der Waals surface area contributed by atoms with Gasteiger partial charge in [0.1, 0.15) is 0 Å². The lowest BCUT2D eigenvalue weighted by Gasteiger charge is -2.14. The van der Waals surface area contributed by atoms with Gasteiger partial charge < -0.3 is 0 Å². The van der Waals surface area contributed by atoms with Gasteiger partial charge in [-0.3, -0.25) is 0 Å². The molecule has 0 atom stereocenters. The molecule has 0 radical (unpaired) electrons. The van der Waals surface area contributed by atoms with E-state index in [4.69, 9.17) is 12.6 Å². The predicted octanol–water partition coefficient (Wildman–Crippen LogP) is 6.15. The van der Waals surface area contributed by atoms with Gasteiger partial charge in [-0.15, -0.1) is 12.6 Å². The first-order valence-electron chi connectivity index (χ1n) is 7.78. The molecule has 3 aromatic rings. The van der Waals surface area contributed by atoms with Gasteiger partial charge >= 0.3 is 0 Å². The minimum Gasteiger partial charge on any atom is -0.142 e. The minimum atomic E-state index is 0.998. The van der Waals surface area contributed by atoms with Crippen molar-refractivity contribution in [3.8, 4) is 0 Å². The van der Waals surface area contributed by atoms with Crippen LogP contribution in [0.3, 0.4) is 0 Å². The minimum absolute atomic E-state index is 0.998. The number of benzene rings is 3. The van der Waals surface area contributed by atoms with Crippen LogP contribution in [-0.2, 0) is 0 Å². The molecular formula is C22H20S. The fourth-order valence-electron chi connectivity index (χ4n) is 2.62. The molecule has 0 aliphatic heterocycles. The first-order valence-corrected chi connectivity index (χ1v) is 8.22. The summed E-state index contributed by atoms with van der Waals surface area (Å²) in [6.45, 7) is 4.22. The highest BCUT2D eigenvalue weighted by Gasteiger charge is 2.11. The largest absolute Gasteiger partial charge is 0.142 e. The third-order valence-corrected chi connectivity index (χ3v) is 4.45. The average molecular weight is 316 g/mol. The summed E-state index contributed by atoms with van der Waals surface area (Å²) in [6.07, 6.45) is 0. The molecule has 0 saturated carbocycles. The van der Waals surface area contributed by atoms with E-state index in [9.17, 15) is 0 Å². The molecule has 0 saturated heterocycles. The number of thiol groups is 1. The highest BCUT2D eigenvalue weighted by Crippen LogP contribution is 2.34. The Kier molecular flexibility index (Phi) is 4.68. The summed E-state index contributed by atoms with van der Waals surface area (Å²) in [5.74, 6) is 0. The van der Waals surface area contributed by atoms with Crippen molar-refractivity contribution < 1.29 is 0 Å². The van der Waals surface area contributed by atoms with E-state index < -0.39 is 0 Å². The molecule has 0 nitrogen and oxygen atoms in total. The van der Waals surface area contributed by atoms with Crippen molar-refractivity contribution >= 4 is 23.1 Å². The van der Waals surface area contributed by atoms with Gasteiger partial charge in [0.25, 0.3) is 0 Å². The summed E-state index contributed by atoms with van der Waals surface area (Å²) < 4.78 is 0. The highest BCUT2D eigenvalue weighted by molar-refractivity contribution is 7.90. The van der Waals surface area contributed by atoms with Crippen molar-refractivity contribution in [2.24, 2.45) is 0 Å². The van der Waals surface area contributed by atoms with Crippen LogP contribution in [0.5, 0.6) is 0 Å². The van der Waals surface area contributed by atoms with Crippen LogP contribution in [0, 0.1) is 13.8 Å². The maximum Gasteiger partial charge on any atom is 0.0197 e. The molecule has 114 valence electrons. The topological polar surface area (TPSA) is 0 Å². The summed E-state index contributed by atoms with van der Waals surface area (Å²) in [5, 5.41) is 0. The average Bonchev–Trinajstić information content (AvgIpc) is 2.59. The maximum atomic E-state index is 4.87. The third-order valence-electron chi connectivity index (χ3n) is 3.96. The highest BCUT2D eigenvalue weighted by atomic mass is 32.1. The summed E-state index contributed by atoms with van der Waals surface area (Å²) >= 11 is 4.87. The Bertz CT molecular complexity index is 763. The van der Waals surface area contributed by atoms with Gasteiger partial charge in [0, 0.05) is 10.5 Å². The van der Waals surface area contributed by atoms with E-state index in [-0.39, 0.29) is 0 Å². The number of rotatable bonds is 3. The van der Waals surface area contributed by atoms with Crippen molar-refractivity contribution in [3.05, 3.63) is 107 Å². The molecule has 0 spiro atoms. The molecule has 3 aromatic carbocycles. The van der Waals surface area contributed by atoms with Crippen molar-refractivity contribution in [1.29, 1.82) is 0 Å². The quantitative estimate of drug-likeness (QED) is 0.435. The molecular weight excluding hydrogens is 296 g/mol. The van der Waals surface area contributed by atoms with E-state index in [1.54, 1.807) is 0 Å². The molecule has 23 heavy (non-hydrogen) atoms. The van der Waals surface area contributed by atoms with Crippen LogP contribution in [0.15, 0.2) is 78.9 Å². The second kappa shape index (κ2) is 6.89. The molecule has 1 heteroatoms.